The van der Waals surface area contributed by atoms with Crippen LogP contribution < -0.4 is 10.6 Å². The van der Waals surface area contributed by atoms with Gasteiger partial charge in [-0.2, -0.15) is 0 Å². The van der Waals surface area contributed by atoms with Crippen LogP contribution in [0.4, 0.5) is 21.9 Å². The molecule has 0 radical (unpaired) electrons. The van der Waals surface area contributed by atoms with Crippen molar-refractivity contribution in [2.45, 2.75) is 13.8 Å². The number of para-hydroxylation sites is 2. The number of hydrogen-bond donors (Lipinski definition) is 2. The van der Waals surface area contributed by atoms with Crippen LogP contribution in [0.1, 0.15) is 11.1 Å². The molecule has 0 unspecified atom stereocenters. The van der Waals surface area contributed by atoms with Crippen molar-refractivity contribution in [2.75, 3.05) is 10.6 Å². The van der Waals surface area contributed by atoms with E-state index in [1.54, 1.807) is 18.2 Å². The molecule has 2 rings (SSSR count). The second kappa shape index (κ2) is 6.04. The molecule has 6 nitrogen and oxygen atoms in total. The van der Waals surface area contributed by atoms with Crippen LogP contribution in [0.25, 0.3) is 0 Å². The molecule has 0 aromatic heterocycles. The monoisotopic (exact) mass is 285 g/mol. The Labute approximate surface area is 121 Å². The van der Waals surface area contributed by atoms with Crippen LogP contribution in [-0.4, -0.2) is 11.0 Å². The van der Waals surface area contributed by atoms with Gasteiger partial charge in [-0.25, -0.2) is 4.79 Å². The molecule has 0 bridgehead atoms. The maximum Gasteiger partial charge on any atom is 0.323 e. The summed E-state index contributed by atoms with van der Waals surface area (Å²) >= 11 is 0. The standard InChI is InChI=1S/C15H15N3O3/c1-10-7-8-12(9-11(10)2)16-15(19)17-13-5-3-4-6-14(13)18(20)21/h3-9H,1-2H3,(H2,16,17,19). The van der Waals surface area contributed by atoms with Gasteiger partial charge in [0, 0.05) is 11.8 Å². The highest BCUT2D eigenvalue weighted by Crippen LogP contribution is 2.23. The van der Waals surface area contributed by atoms with Crippen LogP contribution in [0.5, 0.6) is 0 Å². The number of urea groups is 1. The van der Waals surface area contributed by atoms with Crippen molar-refractivity contribution < 1.29 is 9.72 Å². The van der Waals surface area contributed by atoms with Crippen molar-refractivity contribution in [1.29, 1.82) is 0 Å². The molecule has 0 aliphatic carbocycles. The summed E-state index contributed by atoms with van der Waals surface area (Å²) in [6.07, 6.45) is 0. The van der Waals surface area contributed by atoms with Crippen molar-refractivity contribution >= 4 is 23.1 Å². The second-order valence-corrected chi connectivity index (χ2v) is 4.65. The van der Waals surface area contributed by atoms with Gasteiger partial charge in [0.05, 0.1) is 4.92 Å². The number of aryl methyl sites for hydroxylation is 2. The van der Waals surface area contributed by atoms with Gasteiger partial charge in [0.2, 0.25) is 0 Å². The molecule has 0 aliphatic heterocycles. The molecule has 0 saturated heterocycles. The van der Waals surface area contributed by atoms with Gasteiger partial charge in [-0.15, -0.1) is 0 Å². The summed E-state index contributed by atoms with van der Waals surface area (Å²) in [4.78, 5) is 22.2. The van der Waals surface area contributed by atoms with Gasteiger partial charge in [-0.1, -0.05) is 18.2 Å². The van der Waals surface area contributed by atoms with Crippen molar-refractivity contribution in [1.82, 2.24) is 0 Å². The van der Waals surface area contributed by atoms with Gasteiger partial charge < -0.3 is 10.6 Å². The molecule has 0 fully saturated rings. The molecule has 0 atom stereocenters. The number of hydrogen-bond acceptors (Lipinski definition) is 3. The molecule has 0 aliphatic rings. The van der Waals surface area contributed by atoms with E-state index < -0.39 is 11.0 Å². The summed E-state index contributed by atoms with van der Waals surface area (Å²) in [6, 6.07) is 11.0. The first kappa shape index (κ1) is 14.5. The summed E-state index contributed by atoms with van der Waals surface area (Å²) in [7, 11) is 0. The third-order valence-corrected chi connectivity index (χ3v) is 3.11. The predicted molar refractivity (Wildman–Crippen MR) is 81.7 cm³/mol. The number of nitrogens with zero attached hydrogens (tertiary/aromatic N) is 1. The van der Waals surface area contributed by atoms with Crippen LogP contribution in [-0.2, 0) is 0 Å². The maximum absolute atomic E-state index is 11.9. The number of anilines is 2. The number of carbonyl (C=O) groups is 1. The largest absolute Gasteiger partial charge is 0.323 e. The lowest BCUT2D eigenvalue weighted by molar-refractivity contribution is -0.383. The van der Waals surface area contributed by atoms with Crippen molar-refractivity contribution in [3.63, 3.8) is 0 Å². The minimum atomic E-state index is -0.536. The number of amides is 2. The molecule has 0 spiro atoms. The number of nitrogens with one attached hydrogen (secondary N) is 2. The topological polar surface area (TPSA) is 84.3 Å². The Morgan fingerprint density at radius 3 is 2.43 bits per heavy atom. The lowest BCUT2D eigenvalue weighted by Crippen LogP contribution is -2.20. The summed E-state index contributed by atoms with van der Waals surface area (Å²) in [5.74, 6) is 0. The van der Waals surface area contributed by atoms with Crippen LogP contribution in [0.15, 0.2) is 42.5 Å². The van der Waals surface area contributed by atoms with Gasteiger partial charge >= 0.3 is 6.03 Å². The first-order valence-electron chi connectivity index (χ1n) is 6.36. The Hall–Kier alpha value is -2.89. The molecule has 108 valence electrons. The van der Waals surface area contributed by atoms with E-state index in [1.165, 1.54) is 12.1 Å². The quantitative estimate of drug-likeness (QED) is 0.663. The zero-order valence-electron chi connectivity index (χ0n) is 11.7. The summed E-state index contributed by atoms with van der Waals surface area (Å²) in [5, 5.41) is 16.0. The van der Waals surface area contributed by atoms with E-state index in [0.29, 0.717) is 5.69 Å². The minimum absolute atomic E-state index is 0.146. The fourth-order valence-electron chi connectivity index (χ4n) is 1.84. The Bertz CT molecular complexity index is 698. The van der Waals surface area contributed by atoms with Crippen LogP contribution in [0, 0.1) is 24.0 Å². The normalized spacial score (nSPS) is 10.0. The van der Waals surface area contributed by atoms with Crippen LogP contribution in [0.2, 0.25) is 0 Å². The Kier molecular flexibility index (Phi) is 4.18. The van der Waals surface area contributed by atoms with Crippen LogP contribution in [0.3, 0.4) is 0 Å². The van der Waals surface area contributed by atoms with Gasteiger partial charge in [-0.3, -0.25) is 10.1 Å². The number of nitro benzene ring substituents is 1. The highest BCUT2D eigenvalue weighted by Gasteiger charge is 2.14. The zero-order valence-corrected chi connectivity index (χ0v) is 11.7. The Balaban J connectivity index is 2.12. The van der Waals surface area contributed by atoms with E-state index in [9.17, 15) is 14.9 Å². The predicted octanol–water partition coefficient (Wildman–Crippen LogP) is 3.86. The number of rotatable bonds is 3. The van der Waals surface area contributed by atoms with E-state index in [2.05, 4.69) is 10.6 Å². The lowest BCUT2D eigenvalue weighted by atomic mass is 10.1. The van der Waals surface area contributed by atoms with E-state index in [0.717, 1.165) is 11.1 Å². The maximum atomic E-state index is 11.9. The zero-order chi connectivity index (χ0) is 15.4. The third kappa shape index (κ3) is 3.56. The average Bonchev–Trinajstić information content (AvgIpc) is 2.43. The van der Waals surface area contributed by atoms with Crippen molar-refractivity contribution in [3.05, 3.63) is 63.7 Å². The first-order valence-corrected chi connectivity index (χ1v) is 6.36. The second-order valence-electron chi connectivity index (χ2n) is 4.65. The SMILES string of the molecule is Cc1ccc(NC(=O)Nc2ccccc2[N+](=O)[O-])cc1C. The van der Waals surface area contributed by atoms with E-state index >= 15 is 0 Å². The van der Waals surface area contributed by atoms with Gasteiger partial charge in [0.25, 0.3) is 5.69 Å². The number of benzene rings is 2. The molecular weight excluding hydrogens is 270 g/mol. The molecule has 2 aromatic rings. The molecular formula is C15H15N3O3. The summed E-state index contributed by atoms with van der Waals surface area (Å²) in [5.41, 5.74) is 2.82. The van der Waals surface area contributed by atoms with Crippen LogP contribution >= 0.6 is 0 Å². The van der Waals surface area contributed by atoms with Crippen molar-refractivity contribution in [3.8, 4) is 0 Å². The smallest absolute Gasteiger partial charge is 0.308 e. The summed E-state index contributed by atoms with van der Waals surface area (Å²) in [6.45, 7) is 3.92. The van der Waals surface area contributed by atoms with Gasteiger partial charge in [0.15, 0.2) is 0 Å². The van der Waals surface area contributed by atoms with Gasteiger partial charge in [0.1, 0.15) is 5.69 Å². The Morgan fingerprint density at radius 1 is 1.05 bits per heavy atom. The highest BCUT2D eigenvalue weighted by atomic mass is 16.6. The summed E-state index contributed by atoms with van der Waals surface area (Å²) < 4.78 is 0. The molecule has 21 heavy (non-hydrogen) atoms. The third-order valence-electron chi connectivity index (χ3n) is 3.11. The fourth-order valence-corrected chi connectivity index (χ4v) is 1.84. The van der Waals surface area contributed by atoms with E-state index in [1.807, 2.05) is 26.0 Å². The highest BCUT2D eigenvalue weighted by molar-refractivity contribution is 6.01. The van der Waals surface area contributed by atoms with Crippen molar-refractivity contribution in [2.24, 2.45) is 0 Å². The minimum Gasteiger partial charge on any atom is -0.308 e. The lowest BCUT2D eigenvalue weighted by Gasteiger charge is -2.09. The number of carbonyl (C=O) groups excluding carboxylic acids is 1. The van der Waals surface area contributed by atoms with E-state index in [-0.39, 0.29) is 11.4 Å². The number of nitro groups is 1. The molecule has 2 N–H and O–H groups in total. The van der Waals surface area contributed by atoms with Gasteiger partial charge in [-0.05, 0) is 43.2 Å². The first-order chi connectivity index (χ1) is 9.97. The Morgan fingerprint density at radius 2 is 1.76 bits per heavy atom. The molecule has 0 saturated carbocycles. The molecule has 2 amide bonds. The molecule has 2 aromatic carbocycles. The molecule has 0 heterocycles. The molecule has 6 heteroatoms. The fraction of sp³-hybridized carbons (Fsp3) is 0.133. The van der Waals surface area contributed by atoms with E-state index in [4.69, 9.17) is 0 Å². The average molecular weight is 285 g/mol.